The Labute approximate surface area is 135 Å². The normalized spacial score (nSPS) is 23.0. The summed E-state index contributed by atoms with van der Waals surface area (Å²) in [7, 11) is 0. The summed E-state index contributed by atoms with van der Waals surface area (Å²) in [6.45, 7) is 2.83. The molecule has 2 aliphatic heterocycles. The van der Waals surface area contributed by atoms with Gasteiger partial charge in [-0.1, -0.05) is 0 Å². The molecule has 4 nitrogen and oxygen atoms in total. The molecule has 0 aromatic heterocycles. The molecule has 2 aliphatic rings. The van der Waals surface area contributed by atoms with Crippen LogP contribution in [0.25, 0.3) is 0 Å². The average Bonchev–Trinajstić information content (AvgIpc) is 3.04. The lowest BCUT2D eigenvalue weighted by molar-refractivity contribution is -0.0262. The fourth-order valence-corrected chi connectivity index (χ4v) is 3.27. The molecule has 6 heteroatoms. The van der Waals surface area contributed by atoms with Gasteiger partial charge in [0, 0.05) is 31.8 Å². The summed E-state index contributed by atoms with van der Waals surface area (Å²) in [4.78, 5) is 1.94. The molecule has 0 aliphatic carbocycles. The van der Waals surface area contributed by atoms with E-state index in [9.17, 15) is 13.9 Å². The lowest BCUT2D eigenvalue weighted by atomic mass is 9.98. The first-order chi connectivity index (χ1) is 11.1. The van der Waals surface area contributed by atoms with Crippen LogP contribution in [0.4, 0.5) is 8.78 Å². The Hall–Kier alpha value is -1.08. The van der Waals surface area contributed by atoms with Gasteiger partial charge in [-0.3, -0.25) is 4.90 Å². The molecule has 1 fully saturated rings. The van der Waals surface area contributed by atoms with E-state index < -0.39 is 6.10 Å². The zero-order valence-electron chi connectivity index (χ0n) is 13.1. The molecule has 0 amide bonds. The number of ether oxygens (including phenoxy) is 2. The van der Waals surface area contributed by atoms with Crippen molar-refractivity contribution in [2.45, 2.75) is 38.0 Å². The summed E-state index contributed by atoms with van der Waals surface area (Å²) < 4.78 is 38.5. The monoisotopic (exact) mass is 327 g/mol. The Morgan fingerprint density at radius 2 is 2.09 bits per heavy atom. The van der Waals surface area contributed by atoms with Gasteiger partial charge in [0.2, 0.25) is 0 Å². The maximum atomic E-state index is 13.8. The highest BCUT2D eigenvalue weighted by atomic mass is 19.1. The van der Waals surface area contributed by atoms with Gasteiger partial charge in [0.15, 0.2) is 0 Å². The molecule has 2 atom stereocenters. The average molecular weight is 327 g/mol. The van der Waals surface area contributed by atoms with E-state index >= 15 is 0 Å². The third kappa shape index (κ3) is 4.26. The van der Waals surface area contributed by atoms with Crippen molar-refractivity contribution >= 4 is 0 Å². The number of hydrogen-bond donors (Lipinski definition) is 1. The second kappa shape index (κ2) is 7.66. The standard InChI is InChI=1S/C17H23F2NO3/c18-16-3-4-17(19)15-9-20(6-5-14(15)16)8-12(21)10-22-11-13-2-1-7-23-13/h3-4,12-13,21H,1-2,5-11H2. The van der Waals surface area contributed by atoms with E-state index in [4.69, 9.17) is 9.47 Å². The minimum absolute atomic E-state index is 0.140. The van der Waals surface area contributed by atoms with E-state index in [1.807, 2.05) is 4.90 Å². The molecule has 2 unspecified atom stereocenters. The molecule has 0 radical (unpaired) electrons. The second-order valence-corrected chi connectivity index (χ2v) is 6.30. The highest BCUT2D eigenvalue weighted by molar-refractivity contribution is 5.32. The van der Waals surface area contributed by atoms with Gasteiger partial charge in [0.05, 0.1) is 25.4 Å². The van der Waals surface area contributed by atoms with Gasteiger partial charge >= 0.3 is 0 Å². The lowest BCUT2D eigenvalue weighted by Gasteiger charge is -2.30. The number of benzene rings is 1. The fourth-order valence-electron chi connectivity index (χ4n) is 3.27. The van der Waals surface area contributed by atoms with Crippen LogP contribution in [0, 0.1) is 11.6 Å². The van der Waals surface area contributed by atoms with Gasteiger partial charge in [-0.05, 0) is 37.0 Å². The molecule has 1 N–H and O–H groups in total. The summed E-state index contributed by atoms with van der Waals surface area (Å²) in [6.07, 6.45) is 2.02. The van der Waals surface area contributed by atoms with Crippen molar-refractivity contribution in [3.63, 3.8) is 0 Å². The van der Waals surface area contributed by atoms with Crippen LogP contribution in [0.1, 0.15) is 24.0 Å². The minimum atomic E-state index is -0.644. The first-order valence-corrected chi connectivity index (χ1v) is 8.19. The van der Waals surface area contributed by atoms with Gasteiger partial charge in [-0.25, -0.2) is 8.78 Å². The third-order valence-corrected chi connectivity index (χ3v) is 4.48. The zero-order valence-corrected chi connectivity index (χ0v) is 13.1. The van der Waals surface area contributed by atoms with Crippen LogP contribution in [-0.4, -0.2) is 55.1 Å². The molecule has 0 saturated carbocycles. The number of rotatable bonds is 6. The lowest BCUT2D eigenvalue weighted by Crippen LogP contribution is -2.39. The number of aliphatic hydroxyl groups is 1. The number of aliphatic hydroxyl groups excluding tert-OH is 1. The smallest absolute Gasteiger partial charge is 0.128 e. The first kappa shape index (κ1) is 16.8. The van der Waals surface area contributed by atoms with Crippen LogP contribution in [0.2, 0.25) is 0 Å². The zero-order chi connectivity index (χ0) is 16.2. The van der Waals surface area contributed by atoms with Gasteiger partial charge in [-0.2, -0.15) is 0 Å². The van der Waals surface area contributed by atoms with E-state index in [1.165, 1.54) is 12.1 Å². The summed E-state index contributed by atoms with van der Waals surface area (Å²) in [6, 6.07) is 2.34. The number of hydrogen-bond acceptors (Lipinski definition) is 4. The first-order valence-electron chi connectivity index (χ1n) is 8.19. The summed E-state index contributed by atoms with van der Waals surface area (Å²) in [5, 5.41) is 10.1. The summed E-state index contributed by atoms with van der Waals surface area (Å²) in [5.41, 5.74) is 0.870. The molecule has 128 valence electrons. The Morgan fingerprint density at radius 3 is 2.83 bits per heavy atom. The molecule has 1 aromatic carbocycles. The fraction of sp³-hybridized carbons (Fsp3) is 0.647. The number of fused-ring (bicyclic) bond motifs is 1. The van der Waals surface area contributed by atoms with Crippen LogP contribution in [0.3, 0.4) is 0 Å². The van der Waals surface area contributed by atoms with E-state index in [0.717, 1.165) is 19.4 Å². The van der Waals surface area contributed by atoms with Crippen LogP contribution in [-0.2, 0) is 22.4 Å². The quantitative estimate of drug-likeness (QED) is 0.866. The number of nitrogens with zero attached hydrogens (tertiary/aromatic N) is 1. The maximum Gasteiger partial charge on any atom is 0.128 e. The van der Waals surface area contributed by atoms with Crippen molar-refractivity contribution in [2.75, 3.05) is 32.9 Å². The molecule has 1 saturated heterocycles. The van der Waals surface area contributed by atoms with Gasteiger partial charge < -0.3 is 14.6 Å². The SMILES string of the molecule is OC(COCC1CCCO1)CN1CCc2c(F)ccc(F)c2C1. The van der Waals surface area contributed by atoms with Crippen LogP contribution in [0.5, 0.6) is 0 Å². The van der Waals surface area contributed by atoms with Gasteiger partial charge in [0.1, 0.15) is 11.6 Å². The largest absolute Gasteiger partial charge is 0.389 e. The van der Waals surface area contributed by atoms with E-state index in [2.05, 4.69) is 0 Å². The Balaban J connectivity index is 1.46. The number of β-amino-alcohol motifs (C(OH)–C–C–N with tert-alkyl or cyclic N) is 1. The van der Waals surface area contributed by atoms with Gasteiger partial charge in [0.25, 0.3) is 0 Å². The van der Waals surface area contributed by atoms with Crippen molar-refractivity contribution in [3.8, 4) is 0 Å². The van der Waals surface area contributed by atoms with Crippen molar-refractivity contribution in [1.29, 1.82) is 0 Å². The van der Waals surface area contributed by atoms with E-state index in [0.29, 0.717) is 43.8 Å². The van der Waals surface area contributed by atoms with Crippen LogP contribution >= 0.6 is 0 Å². The van der Waals surface area contributed by atoms with E-state index in [-0.39, 0.29) is 24.3 Å². The van der Waals surface area contributed by atoms with E-state index in [1.54, 1.807) is 0 Å². The molecule has 2 heterocycles. The Kier molecular flexibility index (Phi) is 5.58. The predicted molar refractivity (Wildman–Crippen MR) is 81.1 cm³/mol. The molecular formula is C17H23F2NO3. The highest BCUT2D eigenvalue weighted by Gasteiger charge is 2.24. The van der Waals surface area contributed by atoms with Crippen molar-refractivity contribution in [2.24, 2.45) is 0 Å². The van der Waals surface area contributed by atoms with Crippen LogP contribution < -0.4 is 0 Å². The van der Waals surface area contributed by atoms with Crippen LogP contribution in [0.15, 0.2) is 12.1 Å². The van der Waals surface area contributed by atoms with Crippen molar-refractivity contribution in [1.82, 2.24) is 4.90 Å². The summed E-state index contributed by atoms with van der Waals surface area (Å²) in [5.74, 6) is -0.725. The molecule has 1 aromatic rings. The molecule has 0 bridgehead atoms. The second-order valence-electron chi connectivity index (χ2n) is 6.30. The third-order valence-electron chi connectivity index (χ3n) is 4.48. The maximum absolute atomic E-state index is 13.8. The minimum Gasteiger partial charge on any atom is -0.389 e. The van der Waals surface area contributed by atoms with Gasteiger partial charge in [-0.15, -0.1) is 0 Å². The topological polar surface area (TPSA) is 41.9 Å². The molecule has 23 heavy (non-hydrogen) atoms. The van der Waals surface area contributed by atoms with Crippen molar-refractivity contribution in [3.05, 3.63) is 34.9 Å². The van der Waals surface area contributed by atoms with Crippen molar-refractivity contribution < 1.29 is 23.4 Å². The predicted octanol–water partition coefficient (Wildman–Crippen LogP) is 1.88. The number of halogens is 2. The Morgan fingerprint density at radius 1 is 1.30 bits per heavy atom. The molecule has 0 spiro atoms. The summed E-state index contributed by atoms with van der Waals surface area (Å²) >= 11 is 0. The molecule has 3 rings (SSSR count). The highest BCUT2D eigenvalue weighted by Crippen LogP contribution is 2.24. The molecular weight excluding hydrogens is 304 g/mol. The Bertz CT molecular complexity index is 535.